The Morgan fingerprint density at radius 1 is 1.31 bits per heavy atom. The minimum atomic E-state index is -0.277. The van der Waals surface area contributed by atoms with Crippen LogP contribution in [0.25, 0.3) is 0 Å². The van der Waals surface area contributed by atoms with Gasteiger partial charge in [0.15, 0.2) is 0 Å². The summed E-state index contributed by atoms with van der Waals surface area (Å²) >= 11 is 0. The summed E-state index contributed by atoms with van der Waals surface area (Å²) in [6.07, 6.45) is 1.90. The lowest BCUT2D eigenvalue weighted by Gasteiger charge is -2.17. The van der Waals surface area contributed by atoms with Crippen molar-refractivity contribution < 1.29 is 4.79 Å². The summed E-state index contributed by atoms with van der Waals surface area (Å²) < 4.78 is 0. The van der Waals surface area contributed by atoms with Crippen LogP contribution in [0.5, 0.6) is 0 Å². The number of carbonyl (C=O) groups excluding carboxylic acids is 1. The number of hydrazine groups is 1. The number of benzene rings is 1. The average Bonchev–Trinajstić information content (AvgIpc) is 2.99. The molecule has 1 aliphatic carbocycles. The maximum Gasteiger partial charge on any atom is 0.244 e. The van der Waals surface area contributed by atoms with E-state index < -0.39 is 0 Å². The lowest BCUT2D eigenvalue weighted by atomic mass is 9.90. The molecule has 0 heterocycles. The van der Waals surface area contributed by atoms with Gasteiger partial charge in [-0.1, -0.05) is 23.8 Å². The zero-order valence-corrected chi connectivity index (χ0v) is 10.1. The van der Waals surface area contributed by atoms with Crippen molar-refractivity contribution in [1.82, 2.24) is 10.9 Å². The smallest absolute Gasteiger partial charge is 0.244 e. The largest absolute Gasteiger partial charge is 0.291 e. The maximum absolute atomic E-state index is 12.0. The van der Waals surface area contributed by atoms with Crippen LogP contribution in [0.4, 0.5) is 0 Å². The maximum atomic E-state index is 12.0. The number of aryl methyl sites for hydroxylation is 2. The van der Waals surface area contributed by atoms with Gasteiger partial charge in [0.25, 0.3) is 0 Å². The molecule has 3 nitrogen and oxygen atoms in total. The van der Waals surface area contributed by atoms with Crippen molar-refractivity contribution in [1.29, 1.82) is 0 Å². The van der Waals surface area contributed by atoms with E-state index in [0.717, 1.165) is 12.8 Å². The molecule has 1 saturated carbocycles. The second-order valence-corrected chi connectivity index (χ2v) is 4.60. The Labute approximate surface area is 96.2 Å². The fourth-order valence-electron chi connectivity index (χ4n) is 2.33. The minimum Gasteiger partial charge on any atom is -0.291 e. The molecule has 86 valence electrons. The third kappa shape index (κ3) is 1.71. The van der Waals surface area contributed by atoms with E-state index in [-0.39, 0.29) is 11.3 Å². The average molecular weight is 218 g/mol. The van der Waals surface area contributed by atoms with Crippen molar-refractivity contribution in [2.24, 2.45) is 0 Å². The molecule has 3 heteroatoms. The first-order valence-electron chi connectivity index (χ1n) is 5.65. The van der Waals surface area contributed by atoms with Crippen LogP contribution in [0.2, 0.25) is 0 Å². The molecular formula is C13H18N2O. The Balaban J connectivity index is 2.33. The zero-order chi connectivity index (χ0) is 11.8. The summed E-state index contributed by atoms with van der Waals surface area (Å²) in [5.41, 5.74) is 8.76. The zero-order valence-electron chi connectivity index (χ0n) is 10.1. The normalized spacial score (nSPS) is 16.9. The van der Waals surface area contributed by atoms with E-state index in [9.17, 15) is 4.79 Å². The van der Waals surface area contributed by atoms with Crippen molar-refractivity contribution in [3.05, 3.63) is 34.9 Å². The Morgan fingerprint density at radius 3 is 2.50 bits per heavy atom. The van der Waals surface area contributed by atoms with E-state index in [1.165, 1.54) is 16.7 Å². The molecule has 1 aromatic carbocycles. The molecule has 1 fully saturated rings. The molecular weight excluding hydrogens is 200 g/mol. The highest BCUT2D eigenvalue weighted by atomic mass is 16.2. The molecule has 0 atom stereocenters. The molecule has 2 rings (SSSR count). The van der Waals surface area contributed by atoms with E-state index in [1.807, 2.05) is 0 Å². The van der Waals surface area contributed by atoms with Gasteiger partial charge < -0.3 is 0 Å². The molecule has 16 heavy (non-hydrogen) atoms. The number of rotatable bonds is 3. The van der Waals surface area contributed by atoms with Gasteiger partial charge >= 0.3 is 0 Å². The first-order chi connectivity index (χ1) is 7.60. The van der Waals surface area contributed by atoms with E-state index >= 15 is 0 Å². The number of nitrogens with one attached hydrogen (secondary N) is 2. The van der Waals surface area contributed by atoms with Crippen molar-refractivity contribution in [2.45, 2.75) is 32.1 Å². The van der Waals surface area contributed by atoms with Gasteiger partial charge in [-0.3, -0.25) is 10.2 Å². The number of hydrogen-bond acceptors (Lipinski definition) is 2. The molecule has 0 radical (unpaired) electrons. The predicted molar refractivity (Wildman–Crippen MR) is 64.0 cm³/mol. The summed E-state index contributed by atoms with van der Waals surface area (Å²) in [6.45, 7) is 4.15. The van der Waals surface area contributed by atoms with E-state index in [0.29, 0.717) is 0 Å². The third-order valence-electron chi connectivity index (χ3n) is 3.32. The standard InChI is InChI=1S/C13H18N2O/c1-9-4-5-11(10(2)8-9)13(6-7-13)12(16)15-14-3/h4-5,8,14H,6-7H2,1-3H3,(H,15,16). The first-order valence-corrected chi connectivity index (χ1v) is 5.65. The Bertz CT molecular complexity index is 422. The highest BCUT2D eigenvalue weighted by molar-refractivity contribution is 5.91. The second-order valence-electron chi connectivity index (χ2n) is 4.60. The lowest BCUT2D eigenvalue weighted by molar-refractivity contribution is -0.124. The molecule has 2 N–H and O–H groups in total. The SMILES string of the molecule is CNNC(=O)C1(c2ccc(C)cc2C)CC1. The quantitative estimate of drug-likeness (QED) is 0.756. The Morgan fingerprint density at radius 2 is 2.00 bits per heavy atom. The van der Waals surface area contributed by atoms with Gasteiger partial charge in [-0.05, 0) is 37.8 Å². The summed E-state index contributed by atoms with van der Waals surface area (Å²) in [7, 11) is 1.72. The van der Waals surface area contributed by atoms with Gasteiger partial charge in [-0.2, -0.15) is 0 Å². The van der Waals surface area contributed by atoms with Crippen LogP contribution in [0, 0.1) is 13.8 Å². The Kier molecular flexibility index (Phi) is 2.72. The molecule has 0 aliphatic heterocycles. The van der Waals surface area contributed by atoms with Crippen LogP contribution >= 0.6 is 0 Å². The second kappa shape index (κ2) is 3.91. The van der Waals surface area contributed by atoms with Gasteiger partial charge in [-0.25, -0.2) is 5.43 Å². The van der Waals surface area contributed by atoms with E-state index in [2.05, 4.69) is 42.9 Å². The first kappa shape index (κ1) is 11.1. The fourth-order valence-corrected chi connectivity index (χ4v) is 2.33. The minimum absolute atomic E-state index is 0.0851. The van der Waals surface area contributed by atoms with Crippen LogP contribution in [-0.4, -0.2) is 13.0 Å². The summed E-state index contributed by atoms with van der Waals surface area (Å²) in [4.78, 5) is 12.0. The van der Waals surface area contributed by atoms with E-state index in [4.69, 9.17) is 0 Å². The molecule has 0 saturated heterocycles. The molecule has 0 spiro atoms. The third-order valence-corrected chi connectivity index (χ3v) is 3.32. The topological polar surface area (TPSA) is 41.1 Å². The number of hydrogen-bond donors (Lipinski definition) is 2. The van der Waals surface area contributed by atoms with E-state index in [1.54, 1.807) is 7.05 Å². The van der Waals surface area contributed by atoms with Crippen LogP contribution in [0.3, 0.4) is 0 Å². The summed E-state index contributed by atoms with van der Waals surface area (Å²) in [5, 5.41) is 0. The van der Waals surface area contributed by atoms with Crippen LogP contribution in [0.15, 0.2) is 18.2 Å². The highest BCUT2D eigenvalue weighted by Gasteiger charge is 2.51. The molecule has 0 bridgehead atoms. The van der Waals surface area contributed by atoms with Gasteiger partial charge in [-0.15, -0.1) is 0 Å². The van der Waals surface area contributed by atoms with Crippen LogP contribution in [-0.2, 0) is 10.2 Å². The monoisotopic (exact) mass is 218 g/mol. The Hall–Kier alpha value is -1.35. The summed E-state index contributed by atoms with van der Waals surface area (Å²) in [6, 6.07) is 6.31. The van der Waals surface area contributed by atoms with Gasteiger partial charge in [0.1, 0.15) is 0 Å². The molecule has 0 unspecified atom stereocenters. The van der Waals surface area contributed by atoms with Gasteiger partial charge in [0.2, 0.25) is 5.91 Å². The summed E-state index contributed by atoms with van der Waals surface area (Å²) in [5.74, 6) is 0.0851. The van der Waals surface area contributed by atoms with Crippen LogP contribution in [0.1, 0.15) is 29.5 Å². The van der Waals surface area contributed by atoms with Gasteiger partial charge in [0, 0.05) is 7.05 Å². The highest BCUT2D eigenvalue weighted by Crippen LogP contribution is 2.49. The number of carbonyl (C=O) groups is 1. The number of amides is 1. The van der Waals surface area contributed by atoms with Crippen molar-refractivity contribution in [2.75, 3.05) is 7.05 Å². The fraction of sp³-hybridized carbons (Fsp3) is 0.462. The molecule has 1 aliphatic rings. The van der Waals surface area contributed by atoms with Gasteiger partial charge in [0.05, 0.1) is 5.41 Å². The van der Waals surface area contributed by atoms with Crippen molar-refractivity contribution >= 4 is 5.91 Å². The van der Waals surface area contributed by atoms with Crippen molar-refractivity contribution in [3.63, 3.8) is 0 Å². The predicted octanol–water partition coefficient (Wildman–Crippen LogP) is 1.59. The molecule has 0 aromatic heterocycles. The molecule has 1 amide bonds. The van der Waals surface area contributed by atoms with Crippen molar-refractivity contribution in [3.8, 4) is 0 Å². The molecule has 1 aromatic rings. The van der Waals surface area contributed by atoms with Crippen LogP contribution < -0.4 is 10.9 Å². The lowest BCUT2D eigenvalue weighted by Crippen LogP contribution is -2.41.